The number of para-hydroxylation sites is 1. The Hall–Kier alpha value is -4.63. The van der Waals surface area contributed by atoms with Crippen LogP contribution in [0.25, 0.3) is 16.9 Å². The van der Waals surface area contributed by atoms with Gasteiger partial charge in [-0.1, -0.05) is 35.9 Å². The Kier molecular flexibility index (Phi) is 6.87. The summed E-state index contributed by atoms with van der Waals surface area (Å²) in [5, 5.41) is 10.6. The molecule has 0 bridgehead atoms. The number of anilines is 1. The first-order chi connectivity index (χ1) is 18.0. The summed E-state index contributed by atoms with van der Waals surface area (Å²) in [5.41, 5.74) is 4.23. The lowest BCUT2D eigenvalue weighted by Gasteiger charge is -2.13. The van der Waals surface area contributed by atoms with Gasteiger partial charge >= 0.3 is 6.03 Å². The van der Waals surface area contributed by atoms with E-state index in [-0.39, 0.29) is 11.8 Å². The van der Waals surface area contributed by atoms with Crippen molar-refractivity contribution in [2.45, 2.75) is 20.4 Å². The molecule has 2 N–H and O–H groups in total. The second kappa shape index (κ2) is 10.5. The number of hydrogen-bond donors (Lipinski definition) is 2. The molecule has 0 fully saturated rings. The highest BCUT2D eigenvalue weighted by Gasteiger charge is 2.16. The van der Waals surface area contributed by atoms with Crippen LogP contribution < -0.4 is 15.4 Å². The van der Waals surface area contributed by atoms with Crippen molar-refractivity contribution in [2.75, 3.05) is 5.32 Å². The van der Waals surface area contributed by atoms with E-state index in [1.807, 2.05) is 68.4 Å². The van der Waals surface area contributed by atoms with Crippen LogP contribution in [-0.2, 0) is 6.54 Å². The maximum atomic E-state index is 12.9. The summed E-state index contributed by atoms with van der Waals surface area (Å²) >= 11 is 5.86. The zero-order valence-electron chi connectivity index (χ0n) is 20.1. The van der Waals surface area contributed by atoms with Gasteiger partial charge in [0.1, 0.15) is 17.3 Å². The number of nitrogens with one attached hydrogen (secondary N) is 2. The van der Waals surface area contributed by atoms with E-state index < -0.39 is 6.03 Å². The molecule has 0 aliphatic carbocycles. The molecule has 0 unspecified atom stereocenters. The molecule has 0 radical (unpaired) electrons. The summed E-state index contributed by atoms with van der Waals surface area (Å²) in [5.74, 6) is 2.10. The standard InChI is InChI=1S/C27H23ClN6O3/c1-17-7-9-20(10-8-17)34-24(15-22(33-34)21-12-14-36-18(21)2)31-27(35)30-16-19-5-3-4-6-23(19)37-25-11-13-29-26(28)32-25/h3-15H,16H2,1-2H3,(H2,30,31,35). The third-order valence-electron chi connectivity index (χ3n) is 5.59. The summed E-state index contributed by atoms with van der Waals surface area (Å²) in [6.45, 7) is 4.10. The van der Waals surface area contributed by atoms with Gasteiger partial charge in [-0.2, -0.15) is 10.1 Å². The van der Waals surface area contributed by atoms with Gasteiger partial charge in [0.25, 0.3) is 0 Å². The zero-order valence-corrected chi connectivity index (χ0v) is 20.9. The molecule has 0 saturated heterocycles. The number of furan rings is 1. The number of hydrogen-bond acceptors (Lipinski definition) is 6. The number of benzene rings is 2. The highest BCUT2D eigenvalue weighted by atomic mass is 35.5. The first-order valence-electron chi connectivity index (χ1n) is 11.5. The molecule has 10 heteroatoms. The molecule has 9 nitrogen and oxygen atoms in total. The molecule has 0 aliphatic heterocycles. The predicted octanol–water partition coefficient (Wildman–Crippen LogP) is 6.31. The van der Waals surface area contributed by atoms with E-state index in [9.17, 15) is 4.79 Å². The zero-order chi connectivity index (χ0) is 25.8. The monoisotopic (exact) mass is 514 g/mol. The number of aromatic nitrogens is 4. The van der Waals surface area contributed by atoms with Gasteiger partial charge in [-0.3, -0.25) is 5.32 Å². The van der Waals surface area contributed by atoms with Crippen molar-refractivity contribution < 1.29 is 13.9 Å². The smallest absolute Gasteiger partial charge is 0.320 e. The molecule has 2 amide bonds. The van der Waals surface area contributed by atoms with Gasteiger partial charge in [-0.05, 0) is 49.7 Å². The van der Waals surface area contributed by atoms with E-state index in [0.717, 1.165) is 28.1 Å². The molecular formula is C27H23ClN6O3. The highest BCUT2D eigenvalue weighted by molar-refractivity contribution is 6.28. The van der Waals surface area contributed by atoms with E-state index in [4.69, 9.17) is 25.9 Å². The lowest BCUT2D eigenvalue weighted by atomic mass is 10.2. The van der Waals surface area contributed by atoms with Crippen molar-refractivity contribution in [1.82, 2.24) is 25.1 Å². The molecule has 37 heavy (non-hydrogen) atoms. The number of urea groups is 1. The molecule has 0 atom stereocenters. The van der Waals surface area contributed by atoms with Crippen LogP contribution in [0.15, 0.2) is 83.6 Å². The molecule has 5 rings (SSSR count). The van der Waals surface area contributed by atoms with E-state index in [1.165, 1.54) is 6.20 Å². The Balaban J connectivity index is 1.34. The first-order valence-corrected chi connectivity index (χ1v) is 11.8. The molecular weight excluding hydrogens is 492 g/mol. The van der Waals surface area contributed by atoms with E-state index >= 15 is 0 Å². The topological polar surface area (TPSA) is 107 Å². The van der Waals surface area contributed by atoms with Crippen LogP contribution in [-0.4, -0.2) is 25.8 Å². The SMILES string of the molecule is Cc1ccc(-n2nc(-c3ccoc3C)cc2NC(=O)NCc2ccccc2Oc2ccnc(Cl)n2)cc1. The fourth-order valence-corrected chi connectivity index (χ4v) is 3.85. The Morgan fingerprint density at radius 1 is 1.08 bits per heavy atom. The molecule has 186 valence electrons. The number of carbonyl (C=O) groups excluding carboxylic acids is 1. The number of halogens is 1. The molecule has 0 aliphatic rings. The van der Waals surface area contributed by atoms with Crippen LogP contribution >= 0.6 is 11.6 Å². The van der Waals surface area contributed by atoms with Crippen LogP contribution in [0, 0.1) is 13.8 Å². The number of carbonyl (C=O) groups is 1. The molecule has 5 aromatic rings. The van der Waals surface area contributed by atoms with Crippen molar-refractivity contribution >= 4 is 23.4 Å². The van der Waals surface area contributed by atoms with Gasteiger partial charge in [-0.15, -0.1) is 0 Å². The van der Waals surface area contributed by atoms with E-state index in [1.54, 1.807) is 23.1 Å². The van der Waals surface area contributed by atoms with Gasteiger partial charge < -0.3 is 14.5 Å². The van der Waals surface area contributed by atoms with Crippen molar-refractivity contribution in [1.29, 1.82) is 0 Å². The third kappa shape index (κ3) is 5.62. The minimum Gasteiger partial charge on any atom is -0.469 e. The van der Waals surface area contributed by atoms with Gasteiger partial charge in [0.2, 0.25) is 11.2 Å². The molecule has 0 saturated carbocycles. The average Bonchev–Trinajstić information content (AvgIpc) is 3.50. The van der Waals surface area contributed by atoms with Crippen LogP contribution in [0.3, 0.4) is 0 Å². The summed E-state index contributed by atoms with van der Waals surface area (Å²) in [6, 6.07) is 20.1. The lowest BCUT2D eigenvalue weighted by molar-refractivity contribution is 0.251. The summed E-state index contributed by atoms with van der Waals surface area (Å²) < 4.78 is 13.0. The number of rotatable bonds is 7. The normalized spacial score (nSPS) is 10.8. The van der Waals surface area contributed by atoms with E-state index in [2.05, 4.69) is 20.6 Å². The third-order valence-corrected chi connectivity index (χ3v) is 5.77. The number of aryl methyl sites for hydroxylation is 2. The van der Waals surface area contributed by atoms with Gasteiger partial charge in [-0.25, -0.2) is 14.5 Å². The number of amides is 2. The van der Waals surface area contributed by atoms with Gasteiger partial charge in [0.15, 0.2) is 0 Å². The predicted molar refractivity (Wildman–Crippen MR) is 140 cm³/mol. The summed E-state index contributed by atoms with van der Waals surface area (Å²) in [4.78, 5) is 20.8. The Morgan fingerprint density at radius 3 is 2.65 bits per heavy atom. The quantitative estimate of drug-likeness (QED) is 0.246. The minimum atomic E-state index is -0.399. The molecule has 3 heterocycles. The minimum absolute atomic E-state index is 0.0858. The van der Waals surface area contributed by atoms with Crippen molar-refractivity contribution in [3.63, 3.8) is 0 Å². The Bertz CT molecular complexity index is 1540. The number of ether oxygens (including phenoxy) is 1. The fraction of sp³-hybridized carbons (Fsp3) is 0.111. The highest BCUT2D eigenvalue weighted by Crippen LogP contribution is 2.28. The van der Waals surface area contributed by atoms with Crippen molar-refractivity contribution in [3.05, 3.63) is 101 Å². The van der Waals surface area contributed by atoms with Crippen molar-refractivity contribution in [3.8, 4) is 28.6 Å². The van der Waals surface area contributed by atoms with E-state index in [0.29, 0.717) is 23.1 Å². The van der Waals surface area contributed by atoms with Gasteiger partial charge in [0.05, 0.1) is 17.6 Å². The first kappa shape index (κ1) is 24.1. The van der Waals surface area contributed by atoms with Crippen LogP contribution in [0.4, 0.5) is 10.6 Å². The molecule has 2 aromatic carbocycles. The van der Waals surface area contributed by atoms with Crippen LogP contribution in [0.5, 0.6) is 11.6 Å². The second-order valence-electron chi connectivity index (χ2n) is 8.23. The maximum absolute atomic E-state index is 12.9. The summed E-state index contributed by atoms with van der Waals surface area (Å²) in [7, 11) is 0. The Morgan fingerprint density at radius 2 is 1.89 bits per heavy atom. The number of nitrogens with zero attached hydrogens (tertiary/aromatic N) is 4. The maximum Gasteiger partial charge on any atom is 0.320 e. The second-order valence-corrected chi connectivity index (χ2v) is 8.57. The van der Waals surface area contributed by atoms with Gasteiger partial charge in [0, 0.05) is 36.0 Å². The molecule has 0 spiro atoms. The van der Waals surface area contributed by atoms with Crippen molar-refractivity contribution in [2.24, 2.45) is 0 Å². The summed E-state index contributed by atoms with van der Waals surface area (Å²) in [6.07, 6.45) is 3.12. The van der Waals surface area contributed by atoms with Crippen LogP contribution in [0.1, 0.15) is 16.9 Å². The van der Waals surface area contributed by atoms with Crippen LogP contribution in [0.2, 0.25) is 5.28 Å². The Labute approximate surface area is 218 Å². The molecule has 3 aromatic heterocycles. The lowest BCUT2D eigenvalue weighted by Crippen LogP contribution is -2.29. The average molecular weight is 515 g/mol. The largest absolute Gasteiger partial charge is 0.469 e. The fourth-order valence-electron chi connectivity index (χ4n) is 3.71.